The van der Waals surface area contributed by atoms with Crippen molar-refractivity contribution in [3.63, 3.8) is 0 Å². The highest BCUT2D eigenvalue weighted by molar-refractivity contribution is 5.94. The fraction of sp³-hybridized carbons (Fsp3) is 0.536. The number of hydrogen-bond acceptors (Lipinski definition) is 3. The van der Waals surface area contributed by atoms with Crippen molar-refractivity contribution in [3.05, 3.63) is 60.7 Å². The van der Waals surface area contributed by atoms with Gasteiger partial charge in [-0.1, -0.05) is 76.0 Å². The van der Waals surface area contributed by atoms with E-state index in [1.54, 1.807) is 24.3 Å². The number of rotatable bonds is 18. The van der Waals surface area contributed by atoms with Crippen molar-refractivity contribution in [2.75, 3.05) is 11.9 Å². The first-order valence-electron chi connectivity index (χ1n) is 12.3. The maximum atomic E-state index is 12.3. The topological polar surface area (TPSA) is 58.6 Å². The highest BCUT2D eigenvalue weighted by Crippen LogP contribution is 2.15. The van der Waals surface area contributed by atoms with Crippen molar-refractivity contribution < 1.29 is 14.6 Å². The molecule has 32 heavy (non-hydrogen) atoms. The summed E-state index contributed by atoms with van der Waals surface area (Å²) in [6.07, 6.45) is 25.1. The molecule has 0 spiro atoms. The van der Waals surface area contributed by atoms with Gasteiger partial charge in [-0.25, -0.2) is 0 Å². The summed E-state index contributed by atoms with van der Waals surface area (Å²) in [7, 11) is 0. The predicted molar refractivity (Wildman–Crippen MR) is 136 cm³/mol. The molecule has 1 rings (SSSR count). The van der Waals surface area contributed by atoms with E-state index in [9.17, 15) is 9.90 Å². The van der Waals surface area contributed by atoms with Crippen LogP contribution in [-0.2, 0) is 9.53 Å². The van der Waals surface area contributed by atoms with Gasteiger partial charge in [0.25, 0.3) is 5.91 Å². The SMILES string of the molecule is CC/C=C\C/C=C\C/C=C\CCCCCCCCOC(CC)C(=O)Nc1ccc(O)cc1. The average molecular weight is 442 g/mol. The molecule has 0 fully saturated rings. The number of aromatic hydroxyl groups is 1. The minimum Gasteiger partial charge on any atom is -0.508 e. The summed E-state index contributed by atoms with van der Waals surface area (Å²) in [5, 5.41) is 12.2. The maximum absolute atomic E-state index is 12.3. The van der Waals surface area contributed by atoms with Crippen LogP contribution in [0.3, 0.4) is 0 Å². The molecule has 0 aliphatic rings. The molecule has 1 aromatic rings. The van der Waals surface area contributed by atoms with Crippen molar-refractivity contribution in [2.24, 2.45) is 0 Å². The van der Waals surface area contributed by atoms with E-state index in [0.29, 0.717) is 18.7 Å². The quantitative estimate of drug-likeness (QED) is 0.139. The molecular weight excluding hydrogens is 398 g/mol. The normalized spacial score (nSPS) is 12.8. The van der Waals surface area contributed by atoms with Crippen LogP contribution in [0.1, 0.15) is 84.5 Å². The van der Waals surface area contributed by atoms with Gasteiger partial charge < -0.3 is 15.2 Å². The van der Waals surface area contributed by atoms with E-state index >= 15 is 0 Å². The van der Waals surface area contributed by atoms with Gasteiger partial charge in [-0.15, -0.1) is 0 Å². The van der Waals surface area contributed by atoms with Gasteiger partial charge in [-0.2, -0.15) is 0 Å². The third-order valence-electron chi connectivity index (χ3n) is 5.16. The second kappa shape index (κ2) is 19.4. The molecule has 0 bridgehead atoms. The molecule has 1 unspecified atom stereocenters. The Morgan fingerprint density at radius 1 is 0.875 bits per heavy atom. The fourth-order valence-corrected chi connectivity index (χ4v) is 3.27. The molecule has 2 N–H and O–H groups in total. The van der Waals surface area contributed by atoms with E-state index < -0.39 is 6.10 Å². The van der Waals surface area contributed by atoms with E-state index in [0.717, 1.165) is 32.1 Å². The van der Waals surface area contributed by atoms with E-state index in [1.165, 1.54) is 32.1 Å². The number of allylic oxidation sites excluding steroid dienone is 6. The Morgan fingerprint density at radius 3 is 2.12 bits per heavy atom. The molecule has 1 aromatic carbocycles. The van der Waals surface area contributed by atoms with Crippen LogP contribution in [0.5, 0.6) is 5.75 Å². The summed E-state index contributed by atoms with van der Waals surface area (Å²) in [4.78, 5) is 12.3. The van der Waals surface area contributed by atoms with Gasteiger partial charge >= 0.3 is 0 Å². The zero-order valence-corrected chi connectivity index (χ0v) is 20.1. The Kier molecular flexibility index (Phi) is 16.8. The van der Waals surface area contributed by atoms with Crippen molar-refractivity contribution in [1.29, 1.82) is 0 Å². The van der Waals surface area contributed by atoms with Crippen LogP contribution in [0.2, 0.25) is 0 Å². The molecule has 0 aliphatic heterocycles. The Bertz CT molecular complexity index is 676. The van der Waals surface area contributed by atoms with Crippen molar-refractivity contribution >= 4 is 11.6 Å². The van der Waals surface area contributed by atoms with Crippen LogP contribution in [0.4, 0.5) is 5.69 Å². The van der Waals surface area contributed by atoms with Crippen LogP contribution >= 0.6 is 0 Å². The summed E-state index contributed by atoms with van der Waals surface area (Å²) < 4.78 is 5.79. The van der Waals surface area contributed by atoms with Gasteiger partial charge in [0.05, 0.1) is 0 Å². The average Bonchev–Trinajstić information content (AvgIpc) is 2.80. The first kappa shape index (κ1) is 27.7. The molecule has 178 valence electrons. The number of carbonyl (C=O) groups excluding carboxylic acids is 1. The van der Waals surface area contributed by atoms with E-state index in [4.69, 9.17) is 4.74 Å². The summed E-state index contributed by atoms with van der Waals surface area (Å²) >= 11 is 0. The highest BCUT2D eigenvalue weighted by Gasteiger charge is 2.16. The molecule has 1 amide bonds. The number of phenolic OH excluding ortho intramolecular Hbond substituents is 1. The first-order valence-corrected chi connectivity index (χ1v) is 12.3. The Hall–Kier alpha value is -2.33. The summed E-state index contributed by atoms with van der Waals surface area (Å²) in [5.41, 5.74) is 0.668. The number of phenols is 1. The molecule has 0 heterocycles. The molecule has 1 atom stereocenters. The van der Waals surface area contributed by atoms with Crippen LogP contribution in [0.15, 0.2) is 60.7 Å². The third kappa shape index (κ3) is 14.6. The number of ether oxygens (including phenoxy) is 1. The Balaban J connectivity index is 1.98. The summed E-state index contributed by atoms with van der Waals surface area (Å²) in [6, 6.07) is 6.47. The first-order chi connectivity index (χ1) is 15.7. The second-order valence-corrected chi connectivity index (χ2v) is 8.01. The minimum atomic E-state index is -0.432. The summed E-state index contributed by atoms with van der Waals surface area (Å²) in [5.74, 6) is 0.0526. The van der Waals surface area contributed by atoms with Crippen molar-refractivity contribution in [2.45, 2.75) is 90.6 Å². The minimum absolute atomic E-state index is 0.130. The third-order valence-corrected chi connectivity index (χ3v) is 5.16. The van der Waals surface area contributed by atoms with Crippen molar-refractivity contribution in [3.8, 4) is 5.75 Å². The molecule has 4 heteroatoms. The molecular formula is C28H43NO3. The van der Waals surface area contributed by atoms with Gasteiger partial charge in [0, 0.05) is 12.3 Å². The number of carbonyl (C=O) groups is 1. The molecule has 0 aromatic heterocycles. The number of hydrogen-bond donors (Lipinski definition) is 2. The van der Waals surface area contributed by atoms with E-state index in [-0.39, 0.29) is 11.7 Å². The van der Waals surface area contributed by atoms with Gasteiger partial charge in [0.1, 0.15) is 11.9 Å². The zero-order chi connectivity index (χ0) is 23.3. The largest absolute Gasteiger partial charge is 0.508 e. The molecule has 0 saturated carbocycles. The fourth-order valence-electron chi connectivity index (χ4n) is 3.27. The number of amides is 1. The van der Waals surface area contributed by atoms with Crippen LogP contribution < -0.4 is 5.32 Å². The number of anilines is 1. The zero-order valence-electron chi connectivity index (χ0n) is 20.1. The highest BCUT2D eigenvalue weighted by atomic mass is 16.5. The van der Waals surface area contributed by atoms with E-state index in [1.807, 2.05) is 6.92 Å². The number of benzene rings is 1. The van der Waals surface area contributed by atoms with E-state index in [2.05, 4.69) is 48.7 Å². The lowest BCUT2D eigenvalue weighted by molar-refractivity contribution is -0.127. The number of nitrogens with one attached hydrogen (secondary N) is 1. The predicted octanol–water partition coefficient (Wildman–Crippen LogP) is 7.72. The lowest BCUT2D eigenvalue weighted by Crippen LogP contribution is -2.30. The lowest BCUT2D eigenvalue weighted by Gasteiger charge is -2.16. The lowest BCUT2D eigenvalue weighted by atomic mass is 10.1. The Morgan fingerprint density at radius 2 is 1.47 bits per heavy atom. The molecule has 0 saturated heterocycles. The monoisotopic (exact) mass is 441 g/mol. The summed E-state index contributed by atoms with van der Waals surface area (Å²) in [6.45, 7) is 4.73. The van der Waals surface area contributed by atoms with Gasteiger partial charge in [-0.3, -0.25) is 4.79 Å². The number of unbranched alkanes of at least 4 members (excludes halogenated alkanes) is 6. The van der Waals surface area contributed by atoms with Crippen LogP contribution in [0, 0.1) is 0 Å². The smallest absolute Gasteiger partial charge is 0.253 e. The molecule has 0 aliphatic carbocycles. The van der Waals surface area contributed by atoms with Gasteiger partial charge in [0.15, 0.2) is 0 Å². The standard InChI is InChI=1S/C28H43NO3/c1-3-5-6-7-8-9-10-11-12-13-14-15-16-17-18-19-24-32-27(4-2)28(31)29-25-20-22-26(30)23-21-25/h5-6,8-9,11-12,20-23,27,30H,3-4,7,10,13-19,24H2,1-2H3,(H,29,31)/b6-5-,9-8-,12-11-. The van der Waals surface area contributed by atoms with Crippen LogP contribution in [-0.4, -0.2) is 23.7 Å². The maximum Gasteiger partial charge on any atom is 0.253 e. The second-order valence-electron chi connectivity index (χ2n) is 8.01. The van der Waals surface area contributed by atoms with Gasteiger partial charge in [0.2, 0.25) is 0 Å². The Labute approximate surface area is 195 Å². The van der Waals surface area contributed by atoms with Gasteiger partial charge in [-0.05, 0) is 69.2 Å². The van der Waals surface area contributed by atoms with Crippen LogP contribution in [0.25, 0.3) is 0 Å². The molecule has 0 radical (unpaired) electrons. The molecule has 4 nitrogen and oxygen atoms in total. The van der Waals surface area contributed by atoms with Crippen molar-refractivity contribution in [1.82, 2.24) is 0 Å².